The first-order valence-corrected chi connectivity index (χ1v) is 7.96. The van der Waals surface area contributed by atoms with E-state index in [1.807, 2.05) is 48.5 Å². The van der Waals surface area contributed by atoms with E-state index < -0.39 is 0 Å². The van der Waals surface area contributed by atoms with Gasteiger partial charge in [-0.1, -0.05) is 52.3 Å². The van der Waals surface area contributed by atoms with Crippen LogP contribution in [0.25, 0.3) is 6.08 Å². The molecule has 0 heterocycles. The van der Waals surface area contributed by atoms with Crippen LogP contribution in [0.5, 0.6) is 5.75 Å². The summed E-state index contributed by atoms with van der Waals surface area (Å²) in [4.78, 5) is 11.4. The molecular weight excluding hydrogens is 344 g/mol. The zero-order valence-corrected chi connectivity index (χ0v) is 13.9. The quantitative estimate of drug-likeness (QED) is 0.568. The number of hydrogen-bond donors (Lipinski definition) is 0. The van der Waals surface area contributed by atoms with Crippen molar-refractivity contribution < 1.29 is 14.3 Å². The normalized spacial score (nSPS) is 11.1. The highest BCUT2D eigenvalue weighted by atomic mass is 79.9. The summed E-state index contributed by atoms with van der Waals surface area (Å²) < 4.78 is 10.4. The molecule has 0 radical (unpaired) electrons. The molecule has 2 aromatic rings. The molecule has 0 saturated heterocycles. The van der Waals surface area contributed by atoms with Gasteiger partial charge in [-0.2, -0.15) is 0 Å². The topological polar surface area (TPSA) is 35.5 Å². The second kappa shape index (κ2) is 8.39. The van der Waals surface area contributed by atoms with Crippen LogP contribution in [0.2, 0.25) is 0 Å². The van der Waals surface area contributed by atoms with E-state index in [0.717, 1.165) is 22.2 Å². The Morgan fingerprint density at radius 1 is 1.09 bits per heavy atom. The predicted molar refractivity (Wildman–Crippen MR) is 91.5 cm³/mol. The monoisotopic (exact) mass is 360 g/mol. The SMILES string of the molecule is COC(=O)c1ccc(C=C(CBr)COc2ccccc2)cc1. The highest BCUT2D eigenvalue weighted by Gasteiger charge is 2.04. The molecule has 114 valence electrons. The van der Waals surface area contributed by atoms with Crippen LogP contribution in [0.1, 0.15) is 15.9 Å². The van der Waals surface area contributed by atoms with Gasteiger partial charge in [0.2, 0.25) is 0 Å². The van der Waals surface area contributed by atoms with Gasteiger partial charge in [-0.25, -0.2) is 4.79 Å². The highest BCUT2D eigenvalue weighted by molar-refractivity contribution is 9.09. The van der Waals surface area contributed by atoms with Gasteiger partial charge in [0.15, 0.2) is 0 Å². The van der Waals surface area contributed by atoms with Crippen LogP contribution < -0.4 is 4.74 Å². The van der Waals surface area contributed by atoms with Crippen molar-refractivity contribution in [1.29, 1.82) is 0 Å². The molecule has 0 unspecified atom stereocenters. The lowest BCUT2D eigenvalue weighted by atomic mass is 10.1. The molecule has 0 saturated carbocycles. The minimum atomic E-state index is -0.330. The average molecular weight is 361 g/mol. The molecule has 0 bridgehead atoms. The third-order valence-electron chi connectivity index (χ3n) is 3.04. The van der Waals surface area contributed by atoms with Gasteiger partial charge in [0.25, 0.3) is 0 Å². The summed E-state index contributed by atoms with van der Waals surface area (Å²) in [6.45, 7) is 0.508. The second-order valence-electron chi connectivity index (χ2n) is 4.65. The lowest BCUT2D eigenvalue weighted by Crippen LogP contribution is -2.02. The predicted octanol–water partition coefficient (Wildman–Crippen LogP) is 4.33. The summed E-state index contributed by atoms with van der Waals surface area (Å²) in [5.74, 6) is 0.513. The van der Waals surface area contributed by atoms with Gasteiger partial charge in [-0.15, -0.1) is 0 Å². The number of carbonyl (C=O) groups excluding carboxylic acids is 1. The van der Waals surface area contributed by atoms with Crippen LogP contribution in [-0.2, 0) is 4.74 Å². The Bertz CT molecular complexity index is 633. The molecule has 3 nitrogen and oxygen atoms in total. The van der Waals surface area contributed by atoms with Gasteiger partial charge in [-0.05, 0) is 35.4 Å². The van der Waals surface area contributed by atoms with Gasteiger partial charge >= 0.3 is 5.97 Å². The Morgan fingerprint density at radius 3 is 2.36 bits per heavy atom. The smallest absolute Gasteiger partial charge is 0.337 e. The first-order chi connectivity index (χ1) is 10.7. The lowest BCUT2D eigenvalue weighted by Gasteiger charge is -2.08. The molecule has 4 heteroatoms. The van der Waals surface area contributed by atoms with Gasteiger partial charge in [0.05, 0.1) is 12.7 Å². The van der Waals surface area contributed by atoms with E-state index >= 15 is 0 Å². The van der Waals surface area contributed by atoms with Crippen molar-refractivity contribution in [3.8, 4) is 5.75 Å². The van der Waals surface area contributed by atoms with Crippen LogP contribution >= 0.6 is 15.9 Å². The van der Waals surface area contributed by atoms with E-state index in [2.05, 4.69) is 20.7 Å². The Kier molecular flexibility index (Phi) is 6.22. The summed E-state index contributed by atoms with van der Waals surface area (Å²) in [5, 5.41) is 0.721. The summed E-state index contributed by atoms with van der Waals surface area (Å²) in [6, 6.07) is 17.0. The number of halogens is 1. The largest absolute Gasteiger partial charge is 0.489 e. The van der Waals surface area contributed by atoms with Crippen LogP contribution in [0.3, 0.4) is 0 Å². The molecule has 2 aromatic carbocycles. The fraction of sp³-hybridized carbons (Fsp3) is 0.167. The minimum absolute atomic E-state index is 0.330. The average Bonchev–Trinajstić information content (AvgIpc) is 2.59. The Hall–Kier alpha value is -2.07. The zero-order chi connectivity index (χ0) is 15.8. The molecule has 22 heavy (non-hydrogen) atoms. The minimum Gasteiger partial charge on any atom is -0.489 e. The summed E-state index contributed by atoms with van der Waals surface area (Å²) >= 11 is 3.47. The van der Waals surface area contributed by atoms with Crippen molar-refractivity contribution in [2.45, 2.75) is 0 Å². The van der Waals surface area contributed by atoms with Gasteiger partial charge in [0, 0.05) is 5.33 Å². The van der Waals surface area contributed by atoms with Crippen molar-refractivity contribution in [3.63, 3.8) is 0 Å². The fourth-order valence-electron chi connectivity index (χ4n) is 1.88. The Morgan fingerprint density at radius 2 is 1.77 bits per heavy atom. The molecule has 0 spiro atoms. The fourth-order valence-corrected chi connectivity index (χ4v) is 2.20. The highest BCUT2D eigenvalue weighted by Crippen LogP contribution is 2.14. The first-order valence-electron chi connectivity index (χ1n) is 6.84. The molecule has 0 N–H and O–H groups in total. The van der Waals surface area contributed by atoms with Crippen molar-refractivity contribution >= 4 is 28.0 Å². The van der Waals surface area contributed by atoms with Crippen LogP contribution in [-0.4, -0.2) is 25.0 Å². The summed E-state index contributed by atoms with van der Waals surface area (Å²) in [5.41, 5.74) is 2.66. The number of hydrogen-bond acceptors (Lipinski definition) is 3. The van der Waals surface area contributed by atoms with Gasteiger partial charge < -0.3 is 9.47 Å². The number of rotatable bonds is 6. The van der Waals surface area contributed by atoms with E-state index in [4.69, 9.17) is 4.74 Å². The molecule has 0 fully saturated rings. The summed E-state index contributed by atoms with van der Waals surface area (Å²) in [7, 11) is 1.38. The molecule has 0 aliphatic heterocycles. The molecule has 0 aliphatic carbocycles. The number of alkyl halides is 1. The number of ether oxygens (including phenoxy) is 2. The second-order valence-corrected chi connectivity index (χ2v) is 5.21. The lowest BCUT2D eigenvalue weighted by molar-refractivity contribution is 0.0600. The van der Waals surface area contributed by atoms with Crippen molar-refractivity contribution in [1.82, 2.24) is 0 Å². The molecule has 0 aromatic heterocycles. The number of para-hydroxylation sites is 1. The van der Waals surface area contributed by atoms with Gasteiger partial charge in [0.1, 0.15) is 12.4 Å². The van der Waals surface area contributed by atoms with Crippen molar-refractivity contribution in [2.75, 3.05) is 19.0 Å². The van der Waals surface area contributed by atoms with E-state index in [1.54, 1.807) is 12.1 Å². The zero-order valence-electron chi connectivity index (χ0n) is 12.3. The van der Waals surface area contributed by atoms with E-state index in [1.165, 1.54) is 7.11 Å². The number of esters is 1. The van der Waals surface area contributed by atoms with Crippen LogP contribution in [0.4, 0.5) is 0 Å². The maximum Gasteiger partial charge on any atom is 0.337 e. The molecular formula is C18H17BrO3. The number of carbonyl (C=O) groups is 1. The molecule has 0 atom stereocenters. The van der Waals surface area contributed by atoms with Crippen molar-refractivity contribution in [2.24, 2.45) is 0 Å². The van der Waals surface area contributed by atoms with Gasteiger partial charge in [-0.3, -0.25) is 0 Å². The molecule has 0 amide bonds. The third kappa shape index (κ3) is 4.74. The van der Waals surface area contributed by atoms with E-state index in [-0.39, 0.29) is 5.97 Å². The molecule has 2 rings (SSSR count). The number of methoxy groups -OCH3 is 1. The first kappa shape index (κ1) is 16.3. The molecule has 0 aliphatic rings. The van der Waals surface area contributed by atoms with E-state index in [0.29, 0.717) is 12.2 Å². The maximum atomic E-state index is 11.4. The van der Waals surface area contributed by atoms with Crippen LogP contribution in [0.15, 0.2) is 60.2 Å². The Balaban J connectivity index is 2.03. The maximum absolute atomic E-state index is 11.4. The Labute approximate surface area is 138 Å². The van der Waals surface area contributed by atoms with Crippen LogP contribution in [0, 0.1) is 0 Å². The third-order valence-corrected chi connectivity index (χ3v) is 3.76. The number of benzene rings is 2. The van der Waals surface area contributed by atoms with E-state index in [9.17, 15) is 4.79 Å². The summed E-state index contributed by atoms with van der Waals surface area (Å²) in [6.07, 6.45) is 2.04. The van der Waals surface area contributed by atoms with Crippen molar-refractivity contribution in [3.05, 3.63) is 71.3 Å². The standard InChI is InChI=1S/C18H17BrO3/c1-21-18(20)16-9-7-14(8-10-16)11-15(12-19)13-22-17-5-3-2-4-6-17/h2-11H,12-13H2,1H3.